The summed E-state index contributed by atoms with van der Waals surface area (Å²) in [6, 6.07) is 4.15. The molecule has 1 rings (SSSR count). The van der Waals surface area contributed by atoms with Crippen molar-refractivity contribution in [1.82, 2.24) is 0 Å². The number of amides is 1. The fourth-order valence-corrected chi connectivity index (χ4v) is 2.47. The molecule has 0 aliphatic rings. The molecular formula is C9H9Cl2NO3S. The van der Waals surface area contributed by atoms with Crippen LogP contribution in [0.5, 0.6) is 0 Å². The summed E-state index contributed by atoms with van der Waals surface area (Å²) in [6.07, 6.45) is 1.06. The van der Waals surface area contributed by atoms with E-state index in [1.807, 2.05) is 0 Å². The van der Waals surface area contributed by atoms with Crippen molar-refractivity contribution in [2.75, 3.05) is 17.5 Å². The lowest BCUT2D eigenvalue weighted by atomic mass is 10.3. The molecule has 0 saturated heterocycles. The van der Waals surface area contributed by atoms with E-state index < -0.39 is 9.84 Å². The molecule has 0 bridgehead atoms. The van der Waals surface area contributed by atoms with E-state index in [0.29, 0.717) is 5.69 Å². The second-order valence-corrected chi connectivity index (χ2v) is 5.76. The first-order chi connectivity index (χ1) is 7.34. The van der Waals surface area contributed by atoms with Gasteiger partial charge in [0, 0.05) is 11.9 Å². The van der Waals surface area contributed by atoms with E-state index in [4.69, 9.17) is 23.2 Å². The number of alkyl halides is 1. The summed E-state index contributed by atoms with van der Waals surface area (Å²) in [6.45, 7) is 0. The Morgan fingerprint density at radius 2 is 2.06 bits per heavy atom. The Morgan fingerprint density at radius 3 is 2.50 bits per heavy atom. The standard InChI is InChI=1S/C9H9Cl2NO3S/c1-16(14,15)8-3-2-6(4-7(8)11)12-9(13)5-10/h2-4H,5H2,1H3,(H,12,13). The molecule has 0 heterocycles. The van der Waals surface area contributed by atoms with Crippen molar-refractivity contribution in [2.45, 2.75) is 4.90 Å². The average molecular weight is 282 g/mol. The van der Waals surface area contributed by atoms with Gasteiger partial charge in [-0.2, -0.15) is 0 Å². The highest BCUT2D eigenvalue weighted by molar-refractivity contribution is 7.90. The van der Waals surface area contributed by atoms with Gasteiger partial charge >= 0.3 is 0 Å². The molecule has 0 aliphatic heterocycles. The first kappa shape index (κ1) is 13.3. The van der Waals surface area contributed by atoms with Crippen LogP contribution in [0.2, 0.25) is 5.02 Å². The maximum Gasteiger partial charge on any atom is 0.239 e. The molecule has 16 heavy (non-hydrogen) atoms. The fourth-order valence-electron chi connectivity index (χ4n) is 1.07. The predicted molar refractivity (Wildman–Crippen MR) is 63.9 cm³/mol. The van der Waals surface area contributed by atoms with E-state index in [-0.39, 0.29) is 21.7 Å². The Labute approximate surface area is 103 Å². The lowest BCUT2D eigenvalue weighted by Crippen LogP contribution is -2.12. The topological polar surface area (TPSA) is 63.2 Å². The summed E-state index contributed by atoms with van der Waals surface area (Å²) in [5.41, 5.74) is 0.406. The highest BCUT2D eigenvalue weighted by Crippen LogP contribution is 2.24. The molecule has 0 aliphatic carbocycles. The number of nitrogens with one attached hydrogen (secondary N) is 1. The van der Waals surface area contributed by atoms with Gasteiger partial charge in [-0.25, -0.2) is 8.42 Å². The third kappa shape index (κ3) is 3.37. The molecule has 0 saturated carbocycles. The minimum absolute atomic E-state index is 0.0260. The zero-order valence-electron chi connectivity index (χ0n) is 8.33. The number of carbonyl (C=O) groups excluding carboxylic acids is 1. The maximum atomic E-state index is 11.3. The van der Waals surface area contributed by atoms with Crippen LogP contribution in [0.1, 0.15) is 0 Å². The molecule has 0 fully saturated rings. The van der Waals surface area contributed by atoms with Crippen molar-refractivity contribution in [3.63, 3.8) is 0 Å². The van der Waals surface area contributed by atoms with Crippen LogP contribution in [0.15, 0.2) is 23.1 Å². The van der Waals surface area contributed by atoms with Crippen molar-refractivity contribution in [3.8, 4) is 0 Å². The zero-order chi connectivity index (χ0) is 12.3. The summed E-state index contributed by atoms with van der Waals surface area (Å²) in [4.78, 5) is 11.0. The number of sulfone groups is 1. The first-order valence-electron chi connectivity index (χ1n) is 4.20. The molecule has 4 nitrogen and oxygen atoms in total. The van der Waals surface area contributed by atoms with Gasteiger partial charge in [0.25, 0.3) is 0 Å². The van der Waals surface area contributed by atoms with Crippen LogP contribution in [0.25, 0.3) is 0 Å². The van der Waals surface area contributed by atoms with Crippen molar-refractivity contribution in [1.29, 1.82) is 0 Å². The summed E-state index contributed by atoms with van der Waals surface area (Å²) in [5, 5.41) is 2.53. The molecular weight excluding hydrogens is 273 g/mol. The predicted octanol–water partition coefficient (Wildman–Crippen LogP) is 1.92. The van der Waals surface area contributed by atoms with E-state index in [1.165, 1.54) is 18.2 Å². The molecule has 1 N–H and O–H groups in total. The lowest BCUT2D eigenvalue weighted by Gasteiger charge is -2.06. The third-order valence-electron chi connectivity index (χ3n) is 1.74. The van der Waals surface area contributed by atoms with E-state index in [2.05, 4.69) is 5.32 Å². The molecule has 1 aromatic carbocycles. The van der Waals surface area contributed by atoms with E-state index in [9.17, 15) is 13.2 Å². The Bertz CT molecular complexity index is 513. The number of benzene rings is 1. The minimum atomic E-state index is -3.35. The summed E-state index contributed by atoms with van der Waals surface area (Å²) in [5.74, 6) is -0.560. The van der Waals surface area contributed by atoms with E-state index >= 15 is 0 Å². The number of halogens is 2. The van der Waals surface area contributed by atoms with Crippen LogP contribution in [0.3, 0.4) is 0 Å². The van der Waals surface area contributed by atoms with Gasteiger partial charge in [-0.1, -0.05) is 11.6 Å². The smallest absolute Gasteiger partial charge is 0.239 e. The lowest BCUT2D eigenvalue weighted by molar-refractivity contribution is -0.113. The van der Waals surface area contributed by atoms with Gasteiger partial charge in [0.05, 0.1) is 9.92 Å². The zero-order valence-corrected chi connectivity index (χ0v) is 10.7. The average Bonchev–Trinajstić information content (AvgIpc) is 2.15. The molecule has 0 radical (unpaired) electrons. The van der Waals surface area contributed by atoms with E-state index in [1.54, 1.807) is 0 Å². The van der Waals surface area contributed by atoms with Crippen LogP contribution < -0.4 is 5.32 Å². The molecule has 0 spiro atoms. The van der Waals surface area contributed by atoms with Crippen LogP contribution in [-0.4, -0.2) is 26.5 Å². The molecule has 0 atom stereocenters. The third-order valence-corrected chi connectivity index (χ3v) is 3.56. The Morgan fingerprint density at radius 1 is 1.44 bits per heavy atom. The SMILES string of the molecule is CS(=O)(=O)c1ccc(NC(=O)CCl)cc1Cl. The number of anilines is 1. The van der Waals surface area contributed by atoms with Gasteiger partial charge in [-0.3, -0.25) is 4.79 Å². The van der Waals surface area contributed by atoms with E-state index in [0.717, 1.165) is 6.26 Å². The van der Waals surface area contributed by atoms with Crippen molar-refractivity contribution < 1.29 is 13.2 Å². The van der Waals surface area contributed by atoms with Gasteiger partial charge in [0.2, 0.25) is 5.91 Å². The first-order valence-corrected chi connectivity index (χ1v) is 7.00. The van der Waals surface area contributed by atoms with Crippen LogP contribution in [-0.2, 0) is 14.6 Å². The fraction of sp³-hybridized carbons (Fsp3) is 0.222. The number of hydrogen-bond donors (Lipinski definition) is 1. The van der Waals surface area contributed by atoms with Crippen LogP contribution >= 0.6 is 23.2 Å². The molecule has 1 aromatic rings. The maximum absolute atomic E-state index is 11.3. The second-order valence-electron chi connectivity index (χ2n) is 3.10. The minimum Gasteiger partial charge on any atom is -0.325 e. The van der Waals surface area contributed by atoms with Gasteiger partial charge in [-0.05, 0) is 18.2 Å². The van der Waals surface area contributed by atoms with Gasteiger partial charge in [0.15, 0.2) is 9.84 Å². The summed E-state index contributed by atoms with van der Waals surface area (Å²) < 4.78 is 22.5. The number of carbonyl (C=O) groups is 1. The van der Waals surface area contributed by atoms with Crippen LogP contribution in [0, 0.1) is 0 Å². The number of rotatable bonds is 3. The largest absolute Gasteiger partial charge is 0.325 e. The van der Waals surface area contributed by atoms with Gasteiger partial charge < -0.3 is 5.32 Å². The normalized spacial score (nSPS) is 11.2. The highest BCUT2D eigenvalue weighted by Gasteiger charge is 2.12. The quantitative estimate of drug-likeness (QED) is 0.861. The van der Waals surface area contributed by atoms with Crippen molar-refractivity contribution >= 4 is 44.6 Å². The second kappa shape index (κ2) is 5.03. The molecule has 1 amide bonds. The molecule has 0 unspecified atom stereocenters. The van der Waals surface area contributed by atoms with Gasteiger partial charge in [0.1, 0.15) is 5.88 Å². The van der Waals surface area contributed by atoms with Gasteiger partial charge in [-0.15, -0.1) is 11.6 Å². The summed E-state index contributed by atoms with van der Waals surface area (Å²) in [7, 11) is -3.35. The Balaban J connectivity index is 3.05. The molecule has 0 aromatic heterocycles. The van der Waals surface area contributed by atoms with Crippen LogP contribution in [0.4, 0.5) is 5.69 Å². The monoisotopic (exact) mass is 281 g/mol. The highest BCUT2D eigenvalue weighted by atomic mass is 35.5. The van der Waals surface area contributed by atoms with Crippen molar-refractivity contribution in [2.24, 2.45) is 0 Å². The summed E-state index contributed by atoms with van der Waals surface area (Å²) >= 11 is 11.1. The molecule has 88 valence electrons. The molecule has 7 heteroatoms. The number of hydrogen-bond acceptors (Lipinski definition) is 3. The Hall–Kier alpha value is -0.780. The Kier molecular flexibility index (Phi) is 4.18. The van der Waals surface area contributed by atoms with Crippen molar-refractivity contribution in [3.05, 3.63) is 23.2 Å².